The number of nitrogens with two attached hydrogens (primary N) is 1. The van der Waals surface area contributed by atoms with Crippen molar-refractivity contribution in [2.45, 2.75) is 44.9 Å². The summed E-state index contributed by atoms with van der Waals surface area (Å²) < 4.78 is 25.3. The highest BCUT2D eigenvalue weighted by Gasteiger charge is 2.47. The molecular formula is C23H24ClFN2O5. The van der Waals surface area contributed by atoms with Crippen LogP contribution < -0.4 is 15.8 Å². The number of hydrogen-bond acceptors (Lipinski definition) is 6. The number of halogens is 2. The number of rotatable bonds is 6. The Hall–Kier alpha value is -2.97. The van der Waals surface area contributed by atoms with Crippen molar-refractivity contribution in [3.8, 4) is 5.75 Å². The van der Waals surface area contributed by atoms with Gasteiger partial charge in [-0.2, -0.15) is 0 Å². The van der Waals surface area contributed by atoms with Crippen LogP contribution in [0.15, 0.2) is 36.4 Å². The van der Waals surface area contributed by atoms with Crippen LogP contribution in [0.1, 0.15) is 59.5 Å². The summed E-state index contributed by atoms with van der Waals surface area (Å²) in [5, 5.41) is 2.64. The van der Waals surface area contributed by atoms with Crippen molar-refractivity contribution in [3.05, 3.63) is 63.9 Å². The topological polar surface area (TPSA) is 108 Å². The number of fused-ring (bicyclic) bond motifs is 1. The molecule has 32 heavy (non-hydrogen) atoms. The fourth-order valence-corrected chi connectivity index (χ4v) is 3.73. The third-order valence-electron chi connectivity index (χ3n) is 5.19. The summed E-state index contributed by atoms with van der Waals surface area (Å²) in [6.07, 6.45) is -0.947. The number of nitrogens with one attached hydrogen (secondary N) is 1. The van der Waals surface area contributed by atoms with Crippen molar-refractivity contribution in [3.63, 3.8) is 0 Å². The van der Waals surface area contributed by atoms with E-state index >= 15 is 0 Å². The molecule has 1 aliphatic heterocycles. The number of benzene rings is 2. The molecule has 0 saturated carbocycles. The van der Waals surface area contributed by atoms with E-state index in [0.29, 0.717) is 16.9 Å². The number of carbonyl (C=O) groups excluding carboxylic acids is 3. The molecule has 0 spiro atoms. The lowest BCUT2D eigenvalue weighted by molar-refractivity contribution is -0.165. The second-order valence-electron chi connectivity index (χ2n) is 8.04. The second kappa shape index (κ2) is 9.26. The largest absolute Gasteiger partial charge is 0.484 e. The molecule has 9 heteroatoms. The molecule has 1 heterocycles. The first kappa shape index (κ1) is 23.7. The first-order valence-electron chi connectivity index (χ1n) is 10.0. The zero-order chi connectivity index (χ0) is 23.6. The maximum Gasteiger partial charge on any atom is 0.307 e. The normalized spacial score (nSPS) is 18.8. The molecule has 2 aromatic carbocycles. The number of ketones is 1. The summed E-state index contributed by atoms with van der Waals surface area (Å²) >= 11 is 5.82. The van der Waals surface area contributed by atoms with Crippen molar-refractivity contribution in [1.29, 1.82) is 0 Å². The van der Waals surface area contributed by atoms with Crippen LogP contribution in [0.25, 0.3) is 0 Å². The van der Waals surface area contributed by atoms with E-state index in [-0.39, 0.29) is 29.3 Å². The summed E-state index contributed by atoms with van der Waals surface area (Å²) in [5.41, 5.74) is 5.45. The van der Waals surface area contributed by atoms with Crippen LogP contribution in [0, 0.1) is 5.82 Å². The fraction of sp³-hybridized carbons (Fsp3) is 0.348. The van der Waals surface area contributed by atoms with Crippen LogP contribution in [0.5, 0.6) is 5.75 Å². The predicted octanol–water partition coefficient (Wildman–Crippen LogP) is 3.58. The highest BCUT2D eigenvalue weighted by atomic mass is 35.5. The van der Waals surface area contributed by atoms with Gasteiger partial charge in [0.25, 0.3) is 5.91 Å². The maximum absolute atomic E-state index is 13.5. The van der Waals surface area contributed by atoms with Crippen LogP contribution in [-0.2, 0) is 9.53 Å². The molecule has 0 bridgehead atoms. The van der Waals surface area contributed by atoms with Crippen LogP contribution >= 0.6 is 11.6 Å². The molecule has 1 aliphatic rings. The molecule has 2 atom stereocenters. The molecule has 0 saturated heterocycles. The first-order chi connectivity index (χ1) is 15.0. The minimum absolute atomic E-state index is 0.0127. The van der Waals surface area contributed by atoms with Crippen molar-refractivity contribution in [1.82, 2.24) is 5.32 Å². The standard InChI is InChI=1S/C23H24ClFN2O5/c1-12(28)13-5-7-18-15(10-13)20(21(23(2,3)32-18)31-19(29)8-9-26)27-22(30)14-4-6-17(25)16(24)11-14/h4-7,10-11,20-21H,8-9,26H2,1-3H3,(H,27,30)/t20-,21+/m1/s1. The second-order valence-corrected chi connectivity index (χ2v) is 8.45. The number of amides is 1. The van der Waals surface area contributed by atoms with Gasteiger partial charge >= 0.3 is 5.97 Å². The molecule has 2 aromatic rings. The summed E-state index contributed by atoms with van der Waals surface area (Å²) in [4.78, 5) is 37.2. The summed E-state index contributed by atoms with van der Waals surface area (Å²) in [7, 11) is 0. The van der Waals surface area contributed by atoms with Crippen LogP contribution in [0.3, 0.4) is 0 Å². The number of esters is 1. The third kappa shape index (κ3) is 4.92. The van der Waals surface area contributed by atoms with E-state index in [1.54, 1.807) is 32.0 Å². The molecule has 0 unspecified atom stereocenters. The quantitative estimate of drug-likeness (QED) is 0.501. The highest BCUT2D eigenvalue weighted by Crippen LogP contribution is 2.42. The Morgan fingerprint density at radius 3 is 2.50 bits per heavy atom. The molecule has 0 fully saturated rings. The number of ether oxygens (including phenoxy) is 2. The van der Waals surface area contributed by atoms with E-state index in [4.69, 9.17) is 26.8 Å². The lowest BCUT2D eigenvalue weighted by atomic mass is 9.85. The van der Waals surface area contributed by atoms with E-state index in [9.17, 15) is 18.8 Å². The summed E-state index contributed by atoms with van der Waals surface area (Å²) in [5.74, 6) is -1.50. The van der Waals surface area contributed by atoms with Crippen LogP contribution in [0.4, 0.5) is 4.39 Å². The number of carbonyl (C=O) groups is 3. The SMILES string of the molecule is CC(=O)c1ccc2c(c1)[C@@H](NC(=O)c1ccc(F)c(Cl)c1)[C@H](OC(=O)CCN)C(C)(C)O2. The Kier molecular flexibility index (Phi) is 6.85. The average molecular weight is 463 g/mol. The van der Waals surface area contributed by atoms with E-state index < -0.39 is 35.4 Å². The van der Waals surface area contributed by atoms with E-state index in [1.165, 1.54) is 19.1 Å². The molecule has 0 radical (unpaired) electrons. The zero-order valence-corrected chi connectivity index (χ0v) is 18.7. The van der Waals surface area contributed by atoms with Crippen molar-refractivity contribution in [2.24, 2.45) is 5.73 Å². The lowest BCUT2D eigenvalue weighted by Crippen LogP contribution is -2.55. The lowest BCUT2D eigenvalue weighted by Gasteiger charge is -2.44. The van der Waals surface area contributed by atoms with Crippen molar-refractivity contribution in [2.75, 3.05) is 6.54 Å². The van der Waals surface area contributed by atoms with E-state index in [2.05, 4.69) is 5.32 Å². The molecule has 1 amide bonds. The molecule has 7 nitrogen and oxygen atoms in total. The highest BCUT2D eigenvalue weighted by molar-refractivity contribution is 6.31. The molecule has 3 rings (SSSR count). The van der Waals surface area contributed by atoms with Gasteiger partial charge in [-0.25, -0.2) is 4.39 Å². The smallest absolute Gasteiger partial charge is 0.307 e. The Morgan fingerprint density at radius 2 is 1.88 bits per heavy atom. The minimum atomic E-state index is -1.02. The van der Waals surface area contributed by atoms with Gasteiger partial charge in [-0.15, -0.1) is 0 Å². The van der Waals surface area contributed by atoms with Gasteiger partial charge in [-0.05, 0) is 57.2 Å². The van der Waals surface area contributed by atoms with Gasteiger partial charge < -0.3 is 20.5 Å². The fourth-order valence-electron chi connectivity index (χ4n) is 3.55. The molecule has 3 N–H and O–H groups in total. The first-order valence-corrected chi connectivity index (χ1v) is 10.4. The van der Waals surface area contributed by atoms with Gasteiger partial charge in [0.15, 0.2) is 11.9 Å². The van der Waals surface area contributed by atoms with Gasteiger partial charge in [0.2, 0.25) is 0 Å². The van der Waals surface area contributed by atoms with E-state index in [0.717, 1.165) is 6.07 Å². The maximum atomic E-state index is 13.5. The summed E-state index contributed by atoms with van der Waals surface area (Å²) in [6.45, 7) is 4.97. The van der Waals surface area contributed by atoms with Crippen molar-refractivity contribution >= 4 is 29.3 Å². The van der Waals surface area contributed by atoms with Crippen LogP contribution in [0.2, 0.25) is 5.02 Å². The van der Waals surface area contributed by atoms with Gasteiger partial charge in [0.1, 0.15) is 17.2 Å². The third-order valence-corrected chi connectivity index (χ3v) is 5.48. The Balaban J connectivity index is 2.05. The average Bonchev–Trinajstić information content (AvgIpc) is 2.72. The van der Waals surface area contributed by atoms with Gasteiger partial charge in [0, 0.05) is 23.2 Å². The Labute approximate surface area is 190 Å². The van der Waals surface area contributed by atoms with E-state index in [1.807, 2.05) is 0 Å². The van der Waals surface area contributed by atoms with Gasteiger partial charge in [-0.3, -0.25) is 14.4 Å². The monoisotopic (exact) mass is 462 g/mol. The zero-order valence-electron chi connectivity index (χ0n) is 17.9. The molecule has 170 valence electrons. The van der Waals surface area contributed by atoms with Crippen molar-refractivity contribution < 1.29 is 28.2 Å². The van der Waals surface area contributed by atoms with Gasteiger partial charge in [0.05, 0.1) is 17.5 Å². The molecule has 0 aliphatic carbocycles. The Bertz CT molecular complexity index is 1070. The van der Waals surface area contributed by atoms with Crippen LogP contribution in [-0.4, -0.2) is 35.9 Å². The Morgan fingerprint density at radius 1 is 1.19 bits per heavy atom. The predicted molar refractivity (Wildman–Crippen MR) is 116 cm³/mol. The molecular weight excluding hydrogens is 439 g/mol. The molecule has 0 aromatic heterocycles. The summed E-state index contributed by atoms with van der Waals surface area (Å²) in [6, 6.07) is 7.59. The minimum Gasteiger partial charge on any atom is -0.484 e. The number of Topliss-reactive ketones (excluding diaryl/α,β-unsaturated/α-hetero) is 1. The number of hydrogen-bond donors (Lipinski definition) is 2. The van der Waals surface area contributed by atoms with Gasteiger partial charge in [-0.1, -0.05) is 11.6 Å².